The molecule has 0 atom stereocenters. The van der Waals surface area contributed by atoms with Crippen LogP contribution in [-0.4, -0.2) is 20.4 Å². The molecule has 0 aliphatic carbocycles. The number of aromatic nitrogens is 3. The molecule has 6 heteroatoms. The zero-order valence-electron chi connectivity index (χ0n) is 12.3. The Hall–Kier alpha value is -2.40. The number of halogens is 1. The number of carbonyl (C=O) groups excluding carboxylic acids is 1. The van der Waals surface area contributed by atoms with Crippen molar-refractivity contribution in [1.82, 2.24) is 14.1 Å². The van der Waals surface area contributed by atoms with Crippen LogP contribution in [0.5, 0.6) is 0 Å². The van der Waals surface area contributed by atoms with Gasteiger partial charge in [0, 0.05) is 24.6 Å². The van der Waals surface area contributed by atoms with E-state index in [1.54, 1.807) is 6.20 Å². The molecule has 4 rings (SSSR count). The van der Waals surface area contributed by atoms with E-state index in [1.807, 2.05) is 12.1 Å². The van der Waals surface area contributed by atoms with Crippen molar-refractivity contribution in [1.29, 1.82) is 0 Å². The number of pyridine rings is 2. The second-order valence-electron chi connectivity index (χ2n) is 5.68. The summed E-state index contributed by atoms with van der Waals surface area (Å²) in [7, 11) is 0. The highest BCUT2D eigenvalue weighted by Crippen LogP contribution is 2.24. The van der Waals surface area contributed by atoms with Crippen LogP contribution in [0.1, 0.15) is 28.9 Å². The second-order valence-corrected chi connectivity index (χ2v) is 6.09. The Labute approximate surface area is 137 Å². The van der Waals surface area contributed by atoms with Gasteiger partial charge in [-0.25, -0.2) is 4.98 Å². The summed E-state index contributed by atoms with van der Waals surface area (Å²) < 4.78 is 3.60. The highest BCUT2D eigenvalue weighted by Gasteiger charge is 2.18. The summed E-state index contributed by atoms with van der Waals surface area (Å²) in [6.07, 6.45) is 7.06. The summed E-state index contributed by atoms with van der Waals surface area (Å²) in [5.41, 5.74) is 2.17. The summed E-state index contributed by atoms with van der Waals surface area (Å²) in [6, 6.07) is 5.40. The first-order valence-electron chi connectivity index (χ1n) is 7.54. The van der Waals surface area contributed by atoms with Gasteiger partial charge in [0.2, 0.25) is 0 Å². The number of nitrogens with zero attached hydrogens (tertiary/aromatic N) is 3. The summed E-state index contributed by atoms with van der Waals surface area (Å²) in [6.45, 7) is 0.942. The van der Waals surface area contributed by atoms with Gasteiger partial charge in [0.25, 0.3) is 5.56 Å². The van der Waals surface area contributed by atoms with Gasteiger partial charge in [-0.05, 0) is 37.5 Å². The summed E-state index contributed by atoms with van der Waals surface area (Å²) >= 11 is 6.04. The molecule has 3 aromatic heterocycles. The smallest absolute Gasteiger partial charge is 0.265 e. The molecule has 0 saturated heterocycles. The van der Waals surface area contributed by atoms with E-state index in [-0.39, 0.29) is 22.0 Å². The van der Waals surface area contributed by atoms with Gasteiger partial charge >= 0.3 is 0 Å². The molecule has 0 aromatic carbocycles. The molecule has 1 aliphatic heterocycles. The average Bonchev–Trinajstić information content (AvgIpc) is 2.95. The third kappa shape index (κ3) is 2.11. The molecule has 0 amide bonds. The van der Waals surface area contributed by atoms with Crippen molar-refractivity contribution >= 4 is 28.8 Å². The maximum absolute atomic E-state index is 12.9. The molecule has 5 nitrogen and oxygen atoms in total. The third-order valence-electron chi connectivity index (χ3n) is 4.38. The molecule has 0 radical (unpaired) electrons. The Balaban J connectivity index is 2.00. The van der Waals surface area contributed by atoms with Gasteiger partial charge in [0.1, 0.15) is 0 Å². The SMILES string of the molecule is O=Cc1c(Cl)ccnc1-n1ccc2c(cc3n2CCCC3)c1=O. The zero-order valence-corrected chi connectivity index (χ0v) is 13.1. The number of carbonyl (C=O) groups is 1. The Kier molecular flexibility index (Phi) is 3.31. The summed E-state index contributed by atoms with van der Waals surface area (Å²) in [4.78, 5) is 28.4. The summed E-state index contributed by atoms with van der Waals surface area (Å²) in [5.74, 6) is 0.267. The molecule has 0 bridgehead atoms. The van der Waals surface area contributed by atoms with E-state index < -0.39 is 0 Å². The van der Waals surface area contributed by atoms with E-state index in [1.165, 1.54) is 22.5 Å². The van der Waals surface area contributed by atoms with Crippen molar-refractivity contribution in [2.75, 3.05) is 0 Å². The molecule has 0 saturated carbocycles. The van der Waals surface area contributed by atoms with Gasteiger partial charge < -0.3 is 4.57 Å². The van der Waals surface area contributed by atoms with Crippen LogP contribution in [0.25, 0.3) is 16.7 Å². The van der Waals surface area contributed by atoms with Crippen molar-refractivity contribution < 1.29 is 4.79 Å². The first-order chi connectivity index (χ1) is 11.2. The first kappa shape index (κ1) is 14.2. The molecule has 1 aliphatic rings. The normalized spacial score (nSPS) is 14.0. The van der Waals surface area contributed by atoms with Crippen LogP contribution in [0.4, 0.5) is 0 Å². The van der Waals surface area contributed by atoms with Crippen LogP contribution in [0.2, 0.25) is 5.02 Å². The van der Waals surface area contributed by atoms with E-state index in [2.05, 4.69) is 9.55 Å². The Morgan fingerprint density at radius 2 is 2.13 bits per heavy atom. The van der Waals surface area contributed by atoms with Crippen molar-refractivity contribution in [3.63, 3.8) is 0 Å². The van der Waals surface area contributed by atoms with E-state index in [0.29, 0.717) is 11.7 Å². The molecule has 0 fully saturated rings. The molecular formula is C17H14ClN3O2. The fraction of sp³-hybridized carbons (Fsp3) is 0.235. The predicted molar refractivity (Wildman–Crippen MR) is 88.7 cm³/mol. The third-order valence-corrected chi connectivity index (χ3v) is 4.71. The van der Waals surface area contributed by atoms with Crippen LogP contribution < -0.4 is 5.56 Å². The predicted octanol–water partition coefficient (Wildman–Crippen LogP) is 2.99. The number of hydrogen-bond acceptors (Lipinski definition) is 3. The summed E-state index contributed by atoms with van der Waals surface area (Å²) in [5, 5.41) is 0.941. The largest absolute Gasteiger partial charge is 0.344 e. The van der Waals surface area contributed by atoms with E-state index >= 15 is 0 Å². The lowest BCUT2D eigenvalue weighted by molar-refractivity contribution is 0.112. The molecule has 0 spiro atoms. The number of aryl methyl sites for hydroxylation is 2. The van der Waals surface area contributed by atoms with Crippen LogP contribution in [0.15, 0.2) is 35.4 Å². The molecular weight excluding hydrogens is 314 g/mol. The van der Waals surface area contributed by atoms with Crippen LogP contribution >= 0.6 is 11.6 Å². The second kappa shape index (κ2) is 5.35. The molecule has 4 heterocycles. The highest BCUT2D eigenvalue weighted by molar-refractivity contribution is 6.33. The monoisotopic (exact) mass is 327 g/mol. The number of aldehydes is 1. The van der Waals surface area contributed by atoms with Crippen LogP contribution in [-0.2, 0) is 13.0 Å². The molecule has 116 valence electrons. The Morgan fingerprint density at radius 3 is 2.96 bits per heavy atom. The topological polar surface area (TPSA) is 56.9 Å². The number of hydrogen-bond donors (Lipinski definition) is 0. The first-order valence-corrected chi connectivity index (χ1v) is 7.92. The van der Waals surface area contributed by atoms with Gasteiger partial charge in [0.05, 0.1) is 21.5 Å². The average molecular weight is 328 g/mol. The van der Waals surface area contributed by atoms with Crippen molar-refractivity contribution in [3.8, 4) is 5.82 Å². The minimum atomic E-state index is -0.178. The number of rotatable bonds is 2. The minimum Gasteiger partial charge on any atom is -0.344 e. The standard InChI is InChI=1S/C17H14ClN3O2/c18-14-4-6-19-16(13(14)10-22)21-8-5-15-12(17(21)23)9-11-3-1-2-7-20(11)15/h4-6,8-10H,1-3,7H2. The molecule has 3 aromatic rings. The Morgan fingerprint density at radius 1 is 1.26 bits per heavy atom. The quantitative estimate of drug-likeness (QED) is 0.680. The Bertz CT molecular complexity index is 987. The van der Waals surface area contributed by atoms with Crippen molar-refractivity contribution in [2.24, 2.45) is 0 Å². The lowest BCUT2D eigenvalue weighted by Gasteiger charge is -2.15. The fourth-order valence-corrected chi connectivity index (χ4v) is 3.45. The minimum absolute atomic E-state index is 0.178. The van der Waals surface area contributed by atoms with E-state index in [9.17, 15) is 9.59 Å². The zero-order chi connectivity index (χ0) is 16.0. The van der Waals surface area contributed by atoms with Crippen molar-refractivity contribution in [2.45, 2.75) is 25.8 Å². The van der Waals surface area contributed by atoms with Crippen molar-refractivity contribution in [3.05, 3.63) is 57.2 Å². The number of fused-ring (bicyclic) bond motifs is 3. The van der Waals surface area contributed by atoms with Crippen LogP contribution in [0.3, 0.4) is 0 Å². The van der Waals surface area contributed by atoms with Gasteiger partial charge in [-0.2, -0.15) is 0 Å². The van der Waals surface area contributed by atoms with E-state index in [4.69, 9.17) is 11.6 Å². The van der Waals surface area contributed by atoms with Gasteiger partial charge in [-0.3, -0.25) is 14.2 Å². The molecule has 0 unspecified atom stereocenters. The van der Waals surface area contributed by atoms with E-state index in [0.717, 1.165) is 31.3 Å². The lowest BCUT2D eigenvalue weighted by atomic mass is 10.1. The maximum atomic E-state index is 12.9. The molecule has 23 heavy (non-hydrogen) atoms. The fourth-order valence-electron chi connectivity index (χ4n) is 3.27. The van der Waals surface area contributed by atoms with Crippen LogP contribution in [0, 0.1) is 0 Å². The molecule has 0 N–H and O–H groups in total. The van der Waals surface area contributed by atoms with Gasteiger partial charge in [-0.15, -0.1) is 0 Å². The maximum Gasteiger partial charge on any atom is 0.265 e. The lowest BCUT2D eigenvalue weighted by Crippen LogP contribution is -2.20. The van der Waals surface area contributed by atoms with Gasteiger partial charge in [-0.1, -0.05) is 11.6 Å². The highest BCUT2D eigenvalue weighted by atomic mass is 35.5. The van der Waals surface area contributed by atoms with Gasteiger partial charge in [0.15, 0.2) is 12.1 Å².